The monoisotopic (exact) mass is 390 g/mol. The second kappa shape index (κ2) is 7.83. The van der Waals surface area contributed by atoms with Crippen molar-refractivity contribution in [1.29, 1.82) is 0 Å². The molecule has 0 aliphatic heterocycles. The maximum Gasteiger partial charge on any atom is 0.326 e. The summed E-state index contributed by atoms with van der Waals surface area (Å²) >= 11 is 1.13. The van der Waals surface area contributed by atoms with Gasteiger partial charge in [-0.1, -0.05) is 17.4 Å². The van der Waals surface area contributed by atoms with Crippen LogP contribution in [0.15, 0.2) is 35.5 Å². The number of esters is 1. The largest absolute Gasteiger partial charge is 0.465 e. The van der Waals surface area contributed by atoms with Crippen molar-refractivity contribution >= 4 is 33.4 Å². The van der Waals surface area contributed by atoms with Gasteiger partial charge in [0, 0.05) is 12.2 Å². The summed E-state index contributed by atoms with van der Waals surface area (Å²) in [5.41, 5.74) is 0.402. The minimum Gasteiger partial charge on any atom is -0.465 e. The summed E-state index contributed by atoms with van der Waals surface area (Å²) in [6.45, 7) is 5.55. The standard InChI is InChI=1S/C18H19FN4O3S/c1-4-26-15(24)10-22-16-12(19)6-5-7-14(16)27-18(22)20-17(25)13-8-9-23(21-13)11(2)3/h5-9,11H,4,10H2,1-3H3. The molecule has 0 radical (unpaired) electrons. The number of hydrogen-bond donors (Lipinski definition) is 0. The first kappa shape index (κ1) is 19.0. The smallest absolute Gasteiger partial charge is 0.326 e. The lowest BCUT2D eigenvalue weighted by Crippen LogP contribution is -2.23. The first-order chi connectivity index (χ1) is 12.9. The molecule has 142 valence electrons. The predicted molar refractivity (Wildman–Crippen MR) is 98.9 cm³/mol. The molecule has 0 spiro atoms. The van der Waals surface area contributed by atoms with Crippen molar-refractivity contribution in [3.8, 4) is 0 Å². The average Bonchev–Trinajstić information content (AvgIpc) is 3.22. The number of halogens is 1. The average molecular weight is 390 g/mol. The van der Waals surface area contributed by atoms with Crippen molar-refractivity contribution in [2.45, 2.75) is 33.4 Å². The molecule has 1 aromatic carbocycles. The lowest BCUT2D eigenvalue weighted by atomic mass is 10.3. The Bertz CT molecular complexity index is 1060. The lowest BCUT2D eigenvalue weighted by molar-refractivity contribution is -0.143. The summed E-state index contributed by atoms with van der Waals surface area (Å²) in [4.78, 5) is 28.8. The van der Waals surface area contributed by atoms with Crippen molar-refractivity contribution in [3.05, 3.63) is 46.8 Å². The van der Waals surface area contributed by atoms with Crippen LogP contribution in [0.3, 0.4) is 0 Å². The van der Waals surface area contributed by atoms with Crippen LogP contribution >= 0.6 is 11.3 Å². The topological polar surface area (TPSA) is 78.5 Å². The van der Waals surface area contributed by atoms with E-state index in [0.717, 1.165) is 11.3 Å². The number of aromatic nitrogens is 3. The van der Waals surface area contributed by atoms with Gasteiger partial charge >= 0.3 is 5.97 Å². The second-order valence-corrected chi connectivity index (χ2v) is 7.06. The predicted octanol–water partition coefficient (Wildman–Crippen LogP) is 2.92. The van der Waals surface area contributed by atoms with Gasteiger partial charge in [0.25, 0.3) is 5.91 Å². The van der Waals surface area contributed by atoms with E-state index in [9.17, 15) is 14.0 Å². The molecule has 2 aromatic heterocycles. The van der Waals surface area contributed by atoms with Crippen molar-refractivity contribution in [2.75, 3.05) is 6.61 Å². The highest BCUT2D eigenvalue weighted by molar-refractivity contribution is 7.16. The molecule has 27 heavy (non-hydrogen) atoms. The van der Waals surface area contributed by atoms with Crippen molar-refractivity contribution in [1.82, 2.24) is 14.3 Å². The molecule has 0 aliphatic carbocycles. The number of carbonyl (C=O) groups excluding carboxylic acids is 2. The Hall–Kier alpha value is -2.81. The Labute approximate surface area is 158 Å². The van der Waals surface area contributed by atoms with Crippen LogP contribution in [0.5, 0.6) is 0 Å². The van der Waals surface area contributed by atoms with E-state index in [2.05, 4.69) is 10.1 Å². The Morgan fingerprint density at radius 1 is 1.33 bits per heavy atom. The molecule has 9 heteroatoms. The van der Waals surface area contributed by atoms with E-state index in [1.165, 1.54) is 10.6 Å². The Balaban J connectivity index is 2.08. The van der Waals surface area contributed by atoms with Gasteiger partial charge in [-0.25, -0.2) is 4.39 Å². The number of fused-ring (bicyclic) bond motifs is 1. The van der Waals surface area contributed by atoms with E-state index in [1.807, 2.05) is 13.8 Å². The van der Waals surface area contributed by atoms with Gasteiger partial charge in [-0.3, -0.25) is 14.3 Å². The number of thiazole rings is 1. The SMILES string of the molecule is CCOC(=O)Cn1c(=NC(=O)c2ccn(C(C)C)n2)sc2cccc(F)c21. The molecule has 1 amide bonds. The van der Waals surface area contributed by atoms with Gasteiger partial charge in [0.05, 0.1) is 16.8 Å². The Morgan fingerprint density at radius 2 is 2.11 bits per heavy atom. The van der Waals surface area contributed by atoms with Crippen molar-refractivity contribution < 1.29 is 18.7 Å². The Kier molecular flexibility index (Phi) is 5.50. The van der Waals surface area contributed by atoms with Gasteiger partial charge in [-0.05, 0) is 39.0 Å². The molecule has 0 unspecified atom stereocenters. The van der Waals surface area contributed by atoms with Crippen LogP contribution in [0.25, 0.3) is 10.2 Å². The van der Waals surface area contributed by atoms with E-state index in [1.54, 1.807) is 36.0 Å². The fraction of sp³-hybridized carbons (Fsp3) is 0.333. The summed E-state index contributed by atoms with van der Waals surface area (Å²) in [6, 6.07) is 6.27. The van der Waals surface area contributed by atoms with Crippen LogP contribution < -0.4 is 4.80 Å². The summed E-state index contributed by atoms with van der Waals surface area (Å²) in [7, 11) is 0. The van der Waals surface area contributed by atoms with E-state index >= 15 is 0 Å². The number of para-hydroxylation sites is 1. The summed E-state index contributed by atoms with van der Waals surface area (Å²) < 4.78 is 22.9. The highest BCUT2D eigenvalue weighted by Gasteiger charge is 2.16. The van der Waals surface area contributed by atoms with E-state index < -0.39 is 17.7 Å². The zero-order chi connectivity index (χ0) is 19.6. The zero-order valence-corrected chi connectivity index (χ0v) is 16.0. The van der Waals surface area contributed by atoms with E-state index in [0.29, 0.717) is 4.70 Å². The molecule has 0 atom stereocenters. The van der Waals surface area contributed by atoms with Crippen LogP contribution in [0.2, 0.25) is 0 Å². The molecule has 0 N–H and O–H groups in total. The molecule has 0 saturated heterocycles. The highest BCUT2D eigenvalue weighted by Crippen LogP contribution is 2.20. The first-order valence-corrected chi connectivity index (χ1v) is 9.30. The van der Waals surface area contributed by atoms with E-state index in [4.69, 9.17) is 4.74 Å². The summed E-state index contributed by atoms with van der Waals surface area (Å²) in [5, 5.41) is 4.20. The molecule has 0 fully saturated rings. The lowest BCUT2D eigenvalue weighted by Gasteiger charge is -2.05. The minimum atomic E-state index is -0.557. The number of amides is 1. The van der Waals surface area contributed by atoms with E-state index in [-0.39, 0.29) is 35.2 Å². The van der Waals surface area contributed by atoms with Gasteiger partial charge in [0.1, 0.15) is 12.4 Å². The number of nitrogens with zero attached hydrogens (tertiary/aromatic N) is 4. The normalized spacial score (nSPS) is 12.1. The number of hydrogen-bond acceptors (Lipinski definition) is 5. The zero-order valence-electron chi connectivity index (χ0n) is 15.2. The number of rotatable bonds is 5. The van der Waals surface area contributed by atoms with Crippen molar-refractivity contribution in [3.63, 3.8) is 0 Å². The van der Waals surface area contributed by atoms with Gasteiger partial charge in [0.2, 0.25) is 0 Å². The molecule has 3 rings (SSSR count). The van der Waals surface area contributed by atoms with Crippen molar-refractivity contribution in [2.24, 2.45) is 4.99 Å². The summed E-state index contributed by atoms with van der Waals surface area (Å²) in [5.74, 6) is -1.58. The third-order valence-corrected chi connectivity index (χ3v) is 4.84. The molecule has 0 saturated carbocycles. The second-order valence-electron chi connectivity index (χ2n) is 6.05. The molecule has 0 aliphatic rings. The molecule has 3 aromatic rings. The third-order valence-electron chi connectivity index (χ3n) is 3.80. The number of ether oxygens (including phenoxy) is 1. The fourth-order valence-electron chi connectivity index (χ4n) is 2.54. The molecular weight excluding hydrogens is 371 g/mol. The molecule has 7 nitrogen and oxygen atoms in total. The molecular formula is C18H19FN4O3S. The first-order valence-electron chi connectivity index (χ1n) is 8.48. The molecule has 2 heterocycles. The van der Waals surface area contributed by atoms with Gasteiger partial charge < -0.3 is 9.30 Å². The van der Waals surface area contributed by atoms with Crippen LogP contribution in [0, 0.1) is 5.82 Å². The van der Waals surface area contributed by atoms with Gasteiger partial charge in [0.15, 0.2) is 10.5 Å². The van der Waals surface area contributed by atoms with Gasteiger partial charge in [-0.15, -0.1) is 0 Å². The Morgan fingerprint density at radius 3 is 2.78 bits per heavy atom. The molecule has 0 bridgehead atoms. The van der Waals surface area contributed by atoms with Crippen LogP contribution in [-0.4, -0.2) is 32.8 Å². The number of benzene rings is 1. The maximum absolute atomic E-state index is 14.3. The number of carbonyl (C=O) groups is 2. The fourth-order valence-corrected chi connectivity index (χ4v) is 3.58. The van der Waals surface area contributed by atoms with Crippen LogP contribution in [-0.2, 0) is 16.1 Å². The quantitative estimate of drug-likeness (QED) is 0.628. The summed E-state index contributed by atoms with van der Waals surface area (Å²) in [6.07, 6.45) is 1.70. The van der Waals surface area contributed by atoms with Crippen LogP contribution in [0.1, 0.15) is 37.3 Å². The third kappa shape index (κ3) is 3.97. The minimum absolute atomic E-state index is 0.110. The van der Waals surface area contributed by atoms with Crippen LogP contribution in [0.4, 0.5) is 4.39 Å². The van der Waals surface area contributed by atoms with Gasteiger partial charge in [-0.2, -0.15) is 10.1 Å². The maximum atomic E-state index is 14.3. The highest BCUT2D eigenvalue weighted by atomic mass is 32.1.